The molecule has 6 nitrogen and oxygen atoms in total. The Labute approximate surface area is 213 Å². The number of alkyl halides is 3. The molecule has 1 aliphatic heterocycles. The third kappa shape index (κ3) is 7.52. The van der Waals surface area contributed by atoms with Crippen molar-refractivity contribution in [3.05, 3.63) is 64.5 Å². The SMILES string of the molecule is CCOC1CC(=O)NCC1c1ccc(CC(=O)Nc2ccc(CC(C)(C)CO)c(C(F)(F)F)c2)c(F)c1. The molecule has 0 aliphatic carbocycles. The van der Waals surface area contributed by atoms with Crippen molar-refractivity contribution >= 4 is 17.5 Å². The van der Waals surface area contributed by atoms with Crippen molar-refractivity contribution in [3.63, 3.8) is 0 Å². The van der Waals surface area contributed by atoms with Crippen LogP contribution in [0.4, 0.5) is 23.2 Å². The summed E-state index contributed by atoms with van der Waals surface area (Å²) in [5.41, 5.74) is -0.984. The van der Waals surface area contributed by atoms with Crippen molar-refractivity contribution in [2.24, 2.45) is 5.41 Å². The smallest absolute Gasteiger partial charge is 0.396 e. The summed E-state index contributed by atoms with van der Waals surface area (Å²) in [5.74, 6) is -1.68. The minimum atomic E-state index is -4.65. The number of ether oxygens (including phenoxy) is 1. The molecule has 2 aromatic rings. The van der Waals surface area contributed by atoms with E-state index in [1.807, 2.05) is 6.92 Å². The molecule has 1 saturated heterocycles. The number of hydrogen-bond acceptors (Lipinski definition) is 4. The van der Waals surface area contributed by atoms with Crippen molar-refractivity contribution < 1.29 is 37.0 Å². The van der Waals surface area contributed by atoms with Crippen molar-refractivity contribution in [2.45, 2.75) is 58.2 Å². The zero-order valence-electron chi connectivity index (χ0n) is 21.0. The highest BCUT2D eigenvalue weighted by atomic mass is 19.4. The van der Waals surface area contributed by atoms with Gasteiger partial charge in [-0.3, -0.25) is 9.59 Å². The minimum Gasteiger partial charge on any atom is -0.396 e. The highest BCUT2D eigenvalue weighted by Gasteiger charge is 2.35. The number of carbonyl (C=O) groups excluding carboxylic acids is 2. The summed E-state index contributed by atoms with van der Waals surface area (Å²) in [7, 11) is 0. The van der Waals surface area contributed by atoms with Crippen LogP contribution in [0.3, 0.4) is 0 Å². The molecule has 1 aliphatic rings. The van der Waals surface area contributed by atoms with Crippen molar-refractivity contribution in [1.29, 1.82) is 0 Å². The number of anilines is 1. The number of amides is 2. The Hall–Kier alpha value is -2.98. The maximum atomic E-state index is 14.9. The zero-order valence-corrected chi connectivity index (χ0v) is 21.0. The standard InChI is InChI=1S/C27H32F4N2O4/c1-4-37-23-12-24(35)32-14-20(23)16-5-6-17(22(28)9-16)10-25(36)33-19-8-7-18(13-26(2,3)15-34)21(11-19)27(29,30)31/h5-9,11,20,23,34H,4,10,12-15H2,1-3H3,(H,32,35)(H,33,36). The summed E-state index contributed by atoms with van der Waals surface area (Å²) in [4.78, 5) is 24.3. The van der Waals surface area contributed by atoms with E-state index in [0.717, 1.165) is 6.07 Å². The summed E-state index contributed by atoms with van der Waals surface area (Å²) in [6.07, 6.45) is -5.25. The summed E-state index contributed by atoms with van der Waals surface area (Å²) in [6.45, 7) is 5.55. The first-order chi connectivity index (χ1) is 17.3. The van der Waals surface area contributed by atoms with Gasteiger partial charge in [0.1, 0.15) is 5.82 Å². The lowest BCUT2D eigenvalue weighted by atomic mass is 9.84. The summed E-state index contributed by atoms with van der Waals surface area (Å²) in [5, 5.41) is 14.6. The van der Waals surface area contributed by atoms with Gasteiger partial charge in [0, 0.05) is 31.4 Å². The van der Waals surface area contributed by atoms with E-state index in [1.54, 1.807) is 19.9 Å². The Kier molecular flexibility index (Phi) is 8.96. The first-order valence-corrected chi connectivity index (χ1v) is 12.1. The van der Waals surface area contributed by atoms with Crippen LogP contribution in [0.25, 0.3) is 0 Å². The van der Waals surface area contributed by atoms with E-state index in [1.165, 1.54) is 24.3 Å². The van der Waals surface area contributed by atoms with Gasteiger partial charge in [-0.05, 0) is 53.6 Å². The number of piperidine rings is 1. The van der Waals surface area contributed by atoms with Crippen LogP contribution in [0.5, 0.6) is 0 Å². The Bertz CT molecular complexity index is 1130. The molecule has 2 aromatic carbocycles. The Balaban J connectivity index is 1.73. The van der Waals surface area contributed by atoms with E-state index in [-0.39, 0.29) is 60.6 Å². The van der Waals surface area contributed by atoms with Crippen LogP contribution in [0.1, 0.15) is 55.4 Å². The first kappa shape index (κ1) is 28.6. The van der Waals surface area contributed by atoms with Crippen LogP contribution < -0.4 is 10.6 Å². The normalized spacial score (nSPS) is 18.4. The van der Waals surface area contributed by atoms with Crippen molar-refractivity contribution in [3.8, 4) is 0 Å². The van der Waals surface area contributed by atoms with E-state index in [9.17, 15) is 32.3 Å². The molecule has 202 valence electrons. The van der Waals surface area contributed by atoms with E-state index < -0.39 is 28.9 Å². The molecule has 0 spiro atoms. The maximum absolute atomic E-state index is 14.9. The number of nitrogens with one attached hydrogen (secondary N) is 2. The lowest BCUT2D eigenvalue weighted by Gasteiger charge is -2.31. The van der Waals surface area contributed by atoms with E-state index in [0.29, 0.717) is 18.7 Å². The number of rotatable bonds is 9. The molecule has 2 unspecified atom stereocenters. The minimum absolute atomic E-state index is 0.00103. The van der Waals surface area contributed by atoms with Gasteiger partial charge in [0.2, 0.25) is 11.8 Å². The van der Waals surface area contributed by atoms with Gasteiger partial charge in [-0.25, -0.2) is 4.39 Å². The summed E-state index contributed by atoms with van der Waals surface area (Å²) in [6, 6.07) is 7.93. The molecule has 10 heteroatoms. The molecular formula is C27H32F4N2O4. The molecule has 37 heavy (non-hydrogen) atoms. The third-order valence-corrected chi connectivity index (χ3v) is 6.39. The van der Waals surface area contributed by atoms with Crippen LogP contribution in [-0.2, 0) is 33.3 Å². The van der Waals surface area contributed by atoms with Gasteiger partial charge in [0.25, 0.3) is 0 Å². The largest absolute Gasteiger partial charge is 0.416 e. The fourth-order valence-electron chi connectivity index (χ4n) is 4.43. The number of aliphatic hydroxyl groups is 1. The van der Waals surface area contributed by atoms with Gasteiger partial charge < -0.3 is 20.5 Å². The molecule has 0 aromatic heterocycles. The molecule has 0 radical (unpaired) electrons. The second-order valence-corrected chi connectivity index (χ2v) is 10.1. The van der Waals surface area contributed by atoms with Gasteiger partial charge in [-0.2, -0.15) is 13.2 Å². The summed E-state index contributed by atoms with van der Waals surface area (Å²) < 4.78 is 61.6. The summed E-state index contributed by atoms with van der Waals surface area (Å²) >= 11 is 0. The van der Waals surface area contributed by atoms with Crippen LogP contribution in [0.15, 0.2) is 36.4 Å². The topological polar surface area (TPSA) is 87.7 Å². The number of benzene rings is 2. The Morgan fingerprint density at radius 1 is 1.16 bits per heavy atom. The average molecular weight is 525 g/mol. The third-order valence-electron chi connectivity index (χ3n) is 6.39. The number of halogens is 4. The predicted octanol–water partition coefficient (Wildman–Crippen LogP) is 4.60. The van der Waals surface area contributed by atoms with Gasteiger partial charge in [-0.15, -0.1) is 0 Å². The molecule has 2 amide bonds. The molecule has 1 heterocycles. The fraction of sp³-hybridized carbons (Fsp3) is 0.481. The van der Waals surface area contributed by atoms with Crippen molar-refractivity contribution in [1.82, 2.24) is 5.32 Å². The molecule has 0 saturated carbocycles. The monoisotopic (exact) mass is 524 g/mol. The Morgan fingerprint density at radius 3 is 2.49 bits per heavy atom. The highest BCUT2D eigenvalue weighted by Crippen LogP contribution is 2.36. The highest BCUT2D eigenvalue weighted by molar-refractivity contribution is 5.92. The second kappa shape index (κ2) is 11.6. The molecule has 1 fully saturated rings. The number of aliphatic hydroxyl groups excluding tert-OH is 1. The maximum Gasteiger partial charge on any atom is 0.416 e. The molecule has 3 rings (SSSR count). The van der Waals surface area contributed by atoms with E-state index in [4.69, 9.17) is 4.74 Å². The fourth-order valence-corrected chi connectivity index (χ4v) is 4.43. The van der Waals surface area contributed by atoms with Gasteiger partial charge in [-0.1, -0.05) is 32.0 Å². The molecule has 2 atom stereocenters. The van der Waals surface area contributed by atoms with Gasteiger partial charge >= 0.3 is 6.18 Å². The molecule has 0 bridgehead atoms. The molecular weight excluding hydrogens is 492 g/mol. The van der Waals surface area contributed by atoms with Crippen molar-refractivity contribution in [2.75, 3.05) is 25.1 Å². The Morgan fingerprint density at radius 2 is 1.86 bits per heavy atom. The first-order valence-electron chi connectivity index (χ1n) is 12.1. The van der Waals surface area contributed by atoms with Gasteiger partial charge in [0.15, 0.2) is 0 Å². The number of hydrogen-bond donors (Lipinski definition) is 3. The van der Waals surface area contributed by atoms with Crippen LogP contribution in [0, 0.1) is 11.2 Å². The molecule has 3 N–H and O–H groups in total. The van der Waals surface area contributed by atoms with Crippen LogP contribution in [-0.4, -0.2) is 42.8 Å². The second-order valence-electron chi connectivity index (χ2n) is 10.1. The van der Waals surface area contributed by atoms with E-state index in [2.05, 4.69) is 10.6 Å². The van der Waals surface area contributed by atoms with Gasteiger partial charge in [0.05, 0.1) is 24.5 Å². The lowest BCUT2D eigenvalue weighted by Crippen LogP contribution is -2.43. The lowest BCUT2D eigenvalue weighted by molar-refractivity contribution is -0.138. The zero-order chi connectivity index (χ0) is 27.4. The van der Waals surface area contributed by atoms with Crippen LogP contribution >= 0.6 is 0 Å². The number of carbonyl (C=O) groups is 2. The average Bonchev–Trinajstić information content (AvgIpc) is 2.81. The predicted molar refractivity (Wildman–Crippen MR) is 131 cm³/mol. The van der Waals surface area contributed by atoms with E-state index >= 15 is 0 Å². The quantitative estimate of drug-likeness (QED) is 0.419. The van der Waals surface area contributed by atoms with Crippen LogP contribution in [0.2, 0.25) is 0 Å².